The van der Waals surface area contributed by atoms with Crippen LogP contribution in [0.4, 0.5) is 0 Å². The van der Waals surface area contributed by atoms with E-state index in [2.05, 4.69) is 4.98 Å². The second kappa shape index (κ2) is 5.17. The Hall–Kier alpha value is -1.58. The van der Waals surface area contributed by atoms with Crippen LogP contribution in [0.2, 0.25) is 0 Å². The van der Waals surface area contributed by atoms with Crippen molar-refractivity contribution in [3.05, 3.63) is 23.9 Å². The first kappa shape index (κ1) is 11.9. The molecule has 0 radical (unpaired) electrons. The Bertz CT molecular complexity index is 382. The maximum Gasteiger partial charge on any atom is 0.339 e. The first-order valence-electron chi connectivity index (χ1n) is 5.95. The lowest BCUT2D eigenvalue weighted by atomic mass is 10.3. The van der Waals surface area contributed by atoms with Gasteiger partial charge in [0, 0.05) is 12.3 Å². The van der Waals surface area contributed by atoms with Crippen LogP contribution in [0.3, 0.4) is 0 Å². The van der Waals surface area contributed by atoms with Crippen molar-refractivity contribution >= 4 is 5.97 Å². The van der Waals surface area contributed by atoms with E-state index in [1.165, 1.54) is 19.0 Å². The summed E-state index contributed by atoms with van der Waals surface area (Å²) in [6, 6.07) is 3.37. The molecular formula is C13H17NO3. The highest BCUT2D eigenvalue weighted by Crippen LogP contribution is 2.29. The zero-order valence-corrected chi connectivity index (χ0v) is 10.2. The molecule has 1 fully saturated rings. The summed E-state index contributed by atoms with van der Waals surface area (Å²) in [5, 5.41) is 0. The van der Waals surface area contributed by atoms with Crippen LogP contribution in [0.1, 0.15) is 37.0 Å². The standard InChI is InChI=1S/C13H17NO3/c1-9(2)17-12-6-5-11(7-14-12)13(15)16-8-10-3-4-10/h5-7,9-10H,3-4,8H2,1-2H3. The maximum absolute atomic E-state index is 11.6. The monoisotopic (exact) mass is 235 g/mol. The van der Waals surface area contributed by atoms with Crippen LogP contribution in [-0.2, 0) is 4.74 Å². The van der Waals surface area contributed by atoms with E-state index in [-0.39, 0.29) is 12.1 Å². The van der Waals surface area contributed by atoms with Gasteiger partial charge in [-0.15, -0.1) is 0 Å². The molecule has 0 spiro atoms. The minimum absolute atomic E-state index is 0.0789. The molecule has 1 heterocycles. The number of esters is 1. The van der Waals surface area contributed by atoms with E-state index in [0.29, 0.717) is 24.0 Å². The van der Waals surface area contributed by atoms with Gasteiger partial charge >= 0.3 is 5.97 Å². The molecule has 1 aromatic heterocycles. The normalized spacial score (nSPS) is 14.8. The second-order valence-corrected chi connectivity index (χ2v) is 4.59. The Labute approximate surface area is 101 Å². The van der Waals surface area contributed by atoms with E-state index >= 15 is 0 Å². The molecule has 0 saturated heterocycles. The molecule has 17 heavy (non-hydrogen) atoms. The van der Waals surface area contributed by atoms with E-state index < -0.39 is 0 Å². The third kappa shape index (κ3) is 3.73. The molecule has 0 unspecified atom stereocenters. The molecule has 0 amide bonds. The van der Waals surface area contributed by atoms with E-state index in [4.69, 9.17) is 9.47 Å². The predicted molar refractivity (Wildman–Crippen MR) is 63.0 cm³/mol. The molecular weight excluding hydrogens is 218 g/mol. The van der Waals surface area contributed by atoms with Gasteiger partial charge in [0.05, 0.1) is 18.3 Å². The van der Waals surface area contributed by atoms with Gasteiger partial charge in [-0.2, -0.15) is 0 Å². The van der Waals surface area contributed by atoms with E-state index in [9.17, 15) is 4.79 Å². The highest BCUT2D eigenvalue weighted by Gasteiger charge is 2.23. The number of pyridine rings is 1. The highest BCUT2D eigenvalue weighted by atomic mass is 16.5. The second-order valence-electron chi connectivity index (χ2n) is 4.59. The fourth-order valence-corrected chi connectivity index (χ4v) is 1.37. The van der Waals surface area contributed by atoms with Gasteiger partial charge < -0.3 is 9.47 Å². The van der Waals surface area contributed by atoms with Crippen molar-refractivity contribution in [2.45, 2.75) is 32.8 Å². The zero-order chi connectivity index (χ0) is 12.3. The fraction of sp³-hybridized carbons (Fsp3) is 0.538. The highest BCUT2D eigenvalue weighted by molar-refractivity contribution is 5.89. The minimum atomic E-state index is -0.305. The van der Waals surface area contributed by atoms with E-state index in [1.54, 1.807) is 12.1 Å². The lowest BCUT2D eigenvalue weighted by molar-refractivity contribution is 0.0485. The summed E-state index contributed by atoms with van der Waals surface area (Å²) in [7, 11) is 0. The number of hydrogen-bond acceptors (Lipinski definition) is 4. The number of rotatable bonds is 5. The molecule has 0 bridgehead atoms. The largest absolute Gasteiger partial charge is 0.475 e. The summed E-state index contributed by atoms with van der Waals surface area (Å²) in [5.41, 5.74) is 0.474. The Morgan fingerprint density at radius 3 is 2.76 bits per heavy atom. The third-order valence-corrected chi connectivity index (χ3v) is 2.48. The van der Waals surface area contributed by atoms with Crippen LogP contribution in [0.5, 0.6) is 5.88 Å². The summed E-state index contributed by atoms with van der Waals surface area (Å²) in [5.74, 6) is 0.801. The van der Waals surface area contributed by atoms with Crippen molar-refractivity contribution in [2.24, 2.45) is 5.92 Å². The van der Waals surface area contributed by atoms with Crippen molar-refractivity contribution in [2.75, 3.05) is 6.61 Å². The number of carbonyl (C=O) groups excluding carboxylic acids is 1. The SMILES string of the molecule is CC(C)Oc1ccc(C(=O)OCC2CC2)cn1. The molecule has 0 aromatic carbocycles. The van der Waals surface area contributed by atoms with Gasteiger partial charge in [0.15, 0.2) is 0 Å². The van der Waals surface area contributed by atoms with Gasteiger partial charge in [-0.05, 0) is 38.7 Å². The number of aromatic nitrogens is 1. The van der Waals surface area contributed by atoms with E-state index in [1.807, 2.05) is 13.8 Å². The molecule has 4 heteroatoms. The maximum atomic E-state index is 11.6. The van der Waals surface area contributed by atoms with Crippen LogP contribution < -0.4 is 4.74 Å². The van der Waals surface area contributed by atoms with E-state index in [0.717, 1.165) is 0 Å². The summed E-state index contributed by atoms with van der Waals surface area (Å²) in [6.45, 7) is 4.39. The van der Waals surface area contributed by atoms with Crippen molar-refractivity contribution in [1.82, 2.24) is 4.98 Å². The lowest BCUT2D eigenvalue weighted by Gasteiger charge is -2.08. The minimum Gasteiger partial charge on any atom is -0.475 e. The Morgan fingerprint density at radius 2 is 2.24 bits per heavy atom. The zero-order valence-electron chi connectivity index (χ0n) is 10.2. The number of ether oxygens (including phenoxy) is 2. The quantitative estimate of drug-likeness (QED) is 0.735. The van der Waals surface area contributed by atoms with Crippen molar-refractivity contribution in [1.29, 1.82) is 0 Å². The van der Waals surface area contributed by atoms with Gasteiger partial charge in [0.25, 0.3) is 0 Å². The molecule has 1 aliphatic rings. The smallest absolute Gasteiger partial charge is 0.339 e. The molecule has 1 saturated carbocycles. The fourth-order valence-electron chi connectivity index (χ4n) is 1.37. The summed E-state index contributed by atoms with van der Waals surface area (Å²) in [6.07, 6.45) is 3.92. The van der Waals surface area contributed by atoms with Gasteiger partial charge in [0.1, 0.15) is 0 Å². The van der Waals surface area contributed by atoms with Gasteiger partial charge in [-0.1, -0.05) is 0 Å². The molecule has 0 N–H and O–H groups in total. The van der Waals surface area contributed by atoms with Crippen LogP contribution in [0, 0.1) is 5.92 Å². The molecule has 1 aliphatic carbocycles. The first-order valence-corrected chi connectivity index (χ1v) is 5.95. The summed E-state index contributed by atoms with van der Waals surface area (Å²) in [4.78, 5) is 15.7. The average molecular weight is 235 g/mol. The third-order valence-electron chi connectivity index (χ3n) is 2.48. The number of hydrogen-bond donors (Lipinski definition) is 0. The molecule has 4 nitrogen and oxygen atoms in total. The van der Waals surface area contributed by atoms with Gasteiger partial charge in [-0.3, -0.25) is 0 Å². The van der Waals surface area contributed by atoms with Crippen LogP contribution >= 0.6 is 0 Å². The Balaban J connectivity index is 1.89. The average Bonchev–Trinajstić information content (AvgIpc) is 3.10. The first-order chi connectivity index (χ1) is 8.15. The summed E-state index contributed by atoms with van der Waals surface area (Å²) >= 11 is 0. The predicted octanol–water partition coefficient (Wildman–Crippen LogP) is 2.44. The molecule has 0 atom stereocenters. The lowest BCUT2D eigenvalue weighted by Crippen LogP contribution is -2.09. The van der Waals surface area contributed by atoms with Gasteiger partial charge in [0.2, 0.25) is 5.88 Å². The topological polar surface area (TPSA) is 48.4 Å². The van der Waals surface area contributed by atoms with Crippen molar-refractivity contribution < 1.29 is 14.3 Å². The van der Waals surface area contributed by atoms with Crippen molar-refractivity contribution in [3.63, 3.8) is 0 Å². The van der Waals surface area contributed by atoms with Crippen LogP contribution in [0.25, 0.3) is 0 Å². The van der Waals surface area contributed by atoms with Crippen LogP contribution in [0.15, 0.2) is 18.3 Å². The van der Waals surface area contributed by atoms with Crippen molar-refractivity contribution in [3.8, 4) is 5.88 Å². The number of nitrogens with zero attached hydrogens (tertiary/aromatic N) is 1. The molecule has 92 valence electrons. The molecule has 1 aromatic rings. The Kier molecular flexibility index (Phi) is 3.61. The van der Waals surface area contributed by atoms with Gasteiger partial charge in [-0.25, -0.2) is 9.78 Å². The Morgan fingerprint density at radius 1 is 1.47 bits per heavy atom. The van der Waals surface area contributed by atoms with Crippen LogP contribution in [-0.4, -0.2) is 23.7 Å². The number of carbonyl (C=O) groups is 1. The summed E-state index contributed by atoms with van der Waals surface area (Å²) < 4.78 is 10.5. The molecule has 2 rings (SSSR count). The molecule has 0 aliphatic heterocycles.